The number of carbonyl (C=O) groups is 4. The maximum absolute atomic E-state index is 13.4. The van der Waals surface area contributed by atoms with Gasteiger partial charge in [-0.2, -0.15) is 0 Å². The fourth-order valence-electron chi connectivity index (χ4n) is 7.32. The lowest BCUT2D eigenvalue weighted by Gasteiger charge is -2.37. The number of ether oxygens (including phenoxy) is 1. The number of aryl methyl sites for hydroxylation is 2. The smallest absolute Gasteiger partial charge is 0.316 e. The van der Waals surface area contributed by atoms with E-state index in [0.717, 1.165) is 23.2 Å². The molecule has 7 nitrogen and oxygen atoms in total. The monoisotopic (exact) mass is 496 g/mol. The predicted octanol–water partition coefficient (Wildman–Crippen LogP) is 3.82. The average Bonchev–Trinajstić information content (AvgIpc) is 3.53. The molecule has 0 spiro atoms. The minimum Gasteiger partial charge on any atom is -0.426 e. The van der Waals surface area contributed by atoms with Crippen LogP contribution >= 0.6 is 0 Å². The normalized spacial score (nSPS) is 33.1. The van der Waals surface area contributed by atoms with Crippen molar-refractivity contribution in [3.8, 4) is 5.75 Å². The third kappa shape index (κ3) is 3.40. The van der Waals surface area contributed by atoms with Gasteiger partial charge in [-0.05, 0) is 79.3 Å². The van der Waals surface area contributed by atoms with Crippen molar-refractivity contribution in [1.82, 2.24) is 0 Å². The van der Waals surface area contributed by atoms with Gasteiger partial charge in [0, 0.05) is 24.7 Å². The number of amides is 3. The number of anilines is 2. The quantitative estimate of drug-likeness (QED) is 0.278. The highest BCUT2D eigenvalue weighted by Crippen LogP contribution is 2.65. The van der Waals surface area contributed by atoms with E-state index in [0.29, 0.717) is 17.5 Å². The molecule has 4 fully saturated rings. The molecule has 4 aliphatic carbocycles. The molecular weight excluding hydrogens is 468 g/mol. The first-order chi connectivity index (χ1) is 17.8. The summed E-state index contributed by atoms with van der Waals surface area (Å²) in [6.07, 6.45) is 5.50. The SMILES string of the molecule is Cc1cc(C)cc(N2C[C@@H](C(=O)Oc3cccc(N4C(=O)[C@H]5[C@@H]6C=C[C@H]([C@@H]7C[C@H]67)[C@@H]5C4=O)c3)CC2=O)c1. The van der Waals surface area contributed by atoms with Crippen LogP contribution in [0.25, 0.3) is 0 Å². The van der Waals surface area contributed by atoms with E-state index in [4.69, 9.17) is 4.74 Å². The second kappa shape index (κ2) is 7.88. The molecule has 2 saturated carbocycles. The van der Waals surface area contributed by atoms with Gasteiger partial charge in [-0.15, -0.1) is 0 Å². The van der Waals surface area contributed by atoms with E-state index in [9.17, 15) is 19.2 Å². The molecule has 2 heterocycles. The van der Waals surface area contributed by atoms with Crippen molar-refractivity contribution in [2.75, 3.05) is 16.3 Å². The van der Waals surface area contributed by atoms with Crippen molar-refractivity contribution in [1.29, 1.82) is 0 Å². The highest BCUT2D eigenvalue weighted by molar-refractivity contribution is 6.22. The topological polar surface area (TPSA) is 84.0 Å². The molecular formula is C30H28N2O5. The molecule has 0 radical (unpaired) electrons. The van der Waals surface area contributed by atoms with E-state index < -0.39 is 11.9 Å². The van der Waals surface area contributed by atoms with Crippen LogP contribution in [-0.2, 0) is 19.2 Å². The fourth-order valence-corrected chi connectivity index (χ4v) is 7.32. The third-order valence-corrected chi connectivity index (χ3v) is 8.93. The molecule has 2 bridgehead atoms. The summed E-state index contributed by atoms with van der Waals surface area (Å²) in [5, 5.41) is 0. The standard InChI is InChI=1S/C30H28N2O5/c1-15-8-16(2)10-19(9-15)31-14-17(11-25(31)33)30(36)37-20-5-3-4-18(12-20)32-28(34)26-21-6-7-22(24-13-23(21)24)27(26)29(32)35/h3-10,12,17,21-24,26-27H,11,13-14H2,1-2H3/t17-,21+,22+,23-,24+,26-,27-/m0/s1. The molecule has 188 valence electrons. The maximum atomic E-state index is 13.4. The summed E-state index contributed by atoms with van der Waals surface area (Å²) >= 11 is 0. The predicted molar refractivity (Wildman–Crippen MR) is 136 cm³/mol. The number of imide groups is 1. The Morgan fingerprint density at radius 3 is 2.16 bits per heavy atom. The molecule has 0 aromatic heterocycles. The summed E-state index contributed by atoms with van der Waals surface area (Å²) < 4.78 is 5.67. The molecule has 37 heavy (non-hydrogen) atoms. The molecule has 2 aliphatic heterocycles. The van der Waals surface area contributed by atoms with Crippen LogP contribution < -0.4 is 14.5 Å². The lowest BCUT2D eigenvalue weighted by atomic mass is 9.63. The average molecular weight is 497 g/mol. The first kappa shape index (κ1) is 22.5. The lowest BCUT2D eigenvalue weighted by Crippen LogP contribution is -2.40. The number of rotatable bonds is 4. The van der Waals surface area contributed by atoms with Gasteiger partial charge in [-0.25, -0.2) is 4.90 Å². The molecule has 0 unspecified atom stereocenters. The highest BCUT2D eigenvalue weighted by Gasteiger charge is 2.67. The van der Waals surface area contributed by atoms with Gasteiger partial charge in [-0.3, -0.25) is 19.2 Å². The van der Waals surface area contributed by atoms with Gasteiger partial charge < -0.3 is 9.64 Å². The van der Waals surface area contributed by atoms with E-state index in [1.165, 1.54) is 4.90 Å². The van der Waals surface area contributed by atoms with E-state index >= 15 is 0 Å². The number of nitrogens with zero attached hydrogens (tertiary/aromatic N) is 2. The molecule has 7 heteroatoms. The summed E-state index contributed by atoms with van der Waals surface area (Å²) in [5.74, 6) is -0.396. The molecule has 2 saturated heterocycles. The van der Waals surface area contributed by atoms with Crippen molar-refractivity contribution in [2.45, 2.75) is 26.7 Å². The van der Waals surface area contributed by atoms with Crippen LogP contribution in [0, 0.1) is 55.3 Å². The number of carbonyl (C=O) groups excluding carboxylic acids is 4. The summed E-state index contributed by atoms with van der Waals surface area (Å²) in [4.78, 5) is 55.5. The number of hydrogen-bond acceptors (Lipinski definition) is 5. The second-order valence-electron chi connectivity index (χ2n) is 11.3. The summed E-state index contributed by atoms with van der Waals surface area (Å²) in [5.41, 5.74) is 3.32. The van der Waals surface area contributed by atoms with Crippen LogP contribution in [-0.4, -0.2) is 30.2 Å². The van der Waals surface area contributed by atoms with E-state index in [-0.39, 0.29) is 60.1 Å². The van der Waals surface area contributed by atoms with Gasteiger partial charge in [0.05, 0.1) is 23.4 Å². The Morgan fingerprint density at radius 1 is 0.865 bits per heavy atom. The maximum Gasteiger partial charge on any atom is 0.316 e. The minimum atomic E-state index is -0.594. The molecule has 3 amide bonds. The molecule has 8 rings (SSSR count). The second-order valence-corrected chi connectivity index (χ2v) is 11.3. The van der Waals surface area contributed by atoms with E-state index in [2.05, 4.69) is 12.2 Å². The van der Waals surface area contributed by atoms with Crippen molar-refractivity contribution in [3.05, 3.63) is 65.7 Å². The Kier molecular flexibility index (Phi) is 4.78. The van der Waals surface area contributed by atoms with Crippen molar-refractivity contribution in [3.63, 3.8) is 0 Å². The Labute approximate surface area is 215 Å². The van der Waals surface area contributed by atoms with E-state index in [1.54, 1.807) is 29.2 Å². The van der Waals surface area contributed by atoms with Crippen LogP contribution in [0.2, 0.25) is 0 Å². The highest BCUT2D eigenvalue weighted by atomic mass is 16.5. The number of hydrogen-bond donors (Lipinski definition) is 0. The van der Waals surface area contributed by atoms with Gasteiger partial charge >= 0.3 is 5.97 Å². The summed E-state index contributed by atoms with van der Waals surface area (Å²) in [7, 11) is 0. The fraction of sp³-hybridized carbons (Fsp3) is 0.400. The lowest BCUT2D eigenvalue weighted by molar-refractivity contribution is -0.139. The van der Waals surface area contributed by atoms with Crippen molar-refractivity contribution >= 4 is 35.1 Å². The van der Waals surface area contributed by atoms with Crippen molar-refractivity contribution < 1.29 is 23.9 Å². The van der Waals surface area contributed by atoms with Crippen LogP contribution in [0.3, 0.4) is 0 Å². The van der Waals surface area contributed by atoms with Gasteiger partial charge in [0.1, 0.15) is 5.75 Å². The molecule has 2 aromatic carbocycles. The first-order valence-corrected chi connectivity index (χ1v) is 13.1. The van der Waals surface area contributed by atoms with E-state index in [1.807, 2.05) is 32.0 Å². The Balaban J connectivity index is 1.08. The first-order valence-electron chi connectivity index (χ1n) is 13.1. The zero-order valence-electron chi connectivity index (χ0n) is 20.8. The van der Waals surface area contributed by atoms with Crippen LogP contribution in [0.4, 0.5) is 11.4 Å². The minimum absolute atomic E-state index is 0.0794. The van der Waals surface area contributed by atoms with Gasteiger partial charge in [-0.1, -0.05) is 24.3 Å². The molecule has 6 aliphatic rings. The van der Waals surface area contributed by atoms with Gasteiger partial charge in [0.2, 0.25) is 17.7 Å². The van der Waals surface area contributed by atoms with Crippen molar-refractivity contribution in [2.24, 2.45) is 41.4 Å². The number of benzene rings is 2. The van der Waals surface area contributed by atoms with Gasteiger partial charge in [0.25, 0.3) is 0 Å². The summed E-state index contributed by atoms with van der Waals surface area (Å²) in [6, 6.07) is 12.5. The molecule has 2 aromatic rings. The van der Waals surface area contributed by atoms with Crippen LogP contribution in [0.15, 0.2) is 54.6 Å². The number of esters is 1. The van der Waals surface area contributed by atoms with Crippen LogP contribution in [0.1, 0.15) is 24.0 Å². The molecule has 7 atom stereocenters. The van der Waals surface area contributed by atoms with Gasteiger partial charge in [0.15, 0.2) is 0 Å². The Morgan fingerprint density at radius 2 is 1.51 bits per heavy atom. The number of allylic oxidation sites excluding steroid dienone is 2. The largest absolute Gasteiger partial charge is 0.426 e. The zero-order valence-corrected chi connectivity index (χ0v) is 20.8. The third-order valence-electron chi connectivity index (χ3n) is 8.93. The zero-order chi connectivity index (χ0) is 25.6. The Hall–Kier alpha value is -3.74. The molecule has 0 N–H and O–H groups in total. The van der Waals surface area contributed by atoms with Crippen LogP contribution in [0.5, 0.6) is 5.75 Å². The summed E-state index contributed by atoms with van der Waals surface area (Å²) in [6.45, 7) is 4.21. The Bertz CT molecular complexity index is 1360.